The zero-order chi connectivity index (χ0) is 10.8. The summed E-state index contributed by atoms with van der Waals surface area (Å²) < 4.78 is 0.984. The molecule has 0 aliphatic carbocycles. The van der Waals surface area contributed by atoms with Gasteiger partial charge in [-0.2, -0.15) is 0 Å². The molecular weight excluding hydrogens is 256 g/mol. The van der Waals surface area contributed by atoms with E-state index in [4.69, 9.17) is 11.5 Å². The van der Waals surface area contributed by atoms with Gasteiger partial charge in [0.05, 0.1) is 11.4 Å². The normalized spacial score (nSPS) is 10.2. The maximum Gasteiger partial charge on any atom is 0.169 e. The molecule has 2 rings (SSSR count). The van der Waals surface area contributed by atoms with Crippen LogP contribution in [0.4, 0.5) is 11.5 Å². The number of nitrogen functional groups attached to an aromatic ring is 2. The Hall–Kier alpha value is -1.62. The lowest BCUT2D eigenvalue weighted by Crippen LogP contribution is -2.00. The molecule has 0 atom stereocenters. The number of aromatic nitrogens is 2. The Labute approximate surface area is 95.4 Å². The van der Waals surface area contributed by atoms with E-state index >= 15 is 0 Å². The quantitative estimate of drug-likeness (QED) is 0.827. The lowest BCUT2D eigenvalue weighted by molar-refractivity contribution is 1.05. The van der Waals surface area contributed by atoms with E-state index in [0.717, 1.165) is 10.0 Å². The van der Waals surface area contributed by atoms with Crippen molar-refractivity contribution in [3.8, 4) is 11.3 Å². The highest BCUT2D eigenvalue weighted by Crippen LogP contribution is 2.23. The van der Waals surface area contributed by atoms with Crippen LogP contribution in [0.15, 0.2) is 34.8 Å². The SMILES string of the molecule is Nc1cc(-c2cccc(Br)c2)nnc1N. The average molecular weight is 265 g/mol. The molecule has 0 bridgehead atoms. The third kappa shape index (κ3) is 2.07. The van der Waals surface area contributed by atoms with Crippen LogP contribution >= 0.6 is 15.9 Å². The van der Waals surface area contributed by atoms with Crippen LogP contribution in [0.2, 0.25) is 0 Å². The minimum Gasteiger partial charge on any atom is -0.396 e. The molecule has 76 valence electrons. The third-order valence-corrected chi connectivity index (χ3v) is 2.47. The van der Waals surface area contributed by atoms with Crippen LogP contribution in [0, 0.1) is 0 Å². The first-order valence-electron chi connectivity index (χ1n) is 4.31. The minimum absolute atomic E-state index is 0.258. The Morgan fingerprint density at radius 2 is 1.87 bits per heavy atom. The largest absolute Gasteiger partial charge is 0.396 e. The van der Waals surface area contributed by atoms with Gasteiger partial charge in [-0.15, -0.1) is 10.2 Å². The van der Waals surface area contributed by atoms with Gasteiger partial charge in [0.15, 0.2) is 5.82 Å². The fourth-order valence-corrected chi connectivity index (χ4v) is 1.60. The first-order valence-corrected chi connectivity index (χ1v) is 5.11. The molecule has 0 aliphatic heterocycles. The molecule has 2 aromatic rings. The van der Waals surface area contributed by atoms with Gasteiger partial charge in [-0.1, -0.05) is 28.1 Å². The molecule has 1 aromatic carbocycles. The summed E-state index contributed by atoms with van der Waals surface area (Å²) in [4.78, 5) is 0. The van der Waals surface area contributed by atoms with E-state index in [1.807, 2.05) is 24.3 Å². The number of halogens is 1. The van der Waals surface area contributed by atoms with Crippen molar-refractivity contribution < 1.29 is 0 Å². The van der Waals surface area contributed by atoms with Crippen molar-refractivity contribution in [2.75, 3.05) is 11.5 Å². The summed E-state index contributed by atoms with van der Waals surface area (Å²) >= 11 is 3.39. The number of nitrogens with zero attached hydrogens (tertiary/aromatic N) is 2. The van der Waals surface area contributed by atoms with Gasteiger partial charge in [0, 0.05) is 10.0 Å². The molecule has 1 heterocycles. The van der Waals surface area contributed by atoms with Crippen molar-refractivity contribution in [1.29, 1.82) is 0 Å². The molecule has 0 spiro atoms. The predicted molar refractivity (Wildman–Crippen MR) is 64.0 cm³/mol. The summed E-state index contributed by atoms with van der Waals surface area (Å²) in [7, 11) is 0. The second-order valence-corrected chi connectivity index (χ2v) is 4.00. The van der Waals surface area contributed by atoms with Crippen LogP contribution in [0.1, 0.15) is 0 Å². The van der Waals surface area contributed by atoms with Gasteiger partial charge >= 0.3 is 0 Å². The fraction of sp³-hybridized carbons (Fsp3) is 0. The summed E-state index contributed by atoms with van der Waals surface area (Å²) in [5.74, 6) is 0.258. The Morgan fingerprint density at radius 1 is 1.07 bits per heavy atom. The Balaban J connectivity index is 2.50. The molecule has 0 amide bonds. The molecule has 0 saturated carbocycles. The van der Waals surface area contributed by atoms with Gasteiger partial charge in [-0.3, -0.25) is 0 Å². The second-order valence-electron chi connectivity index (χ2n) is 3.08. The van der Waals surface area contributed by atoms with Crippen molar-refractivity contribution in [1.82, 2.24) is 10.2 Å². The number of hydrogen-bond donors (Lipinski definition) is 2. The predicted octanol–water partition coefficient (Wildman–Crippen LogP) is 2.07. The zero-order valence-corrected chi connectivity index (χ0v) is 9.40. The summed E-state index contributed by atoms with van der Waals surface area (Å²) in [5.41, 5.74) is 13.2. The molecule has 0 radical (unpaired) electrons. The Kier molecular flexibility index (Phi) is 2.55. The molecule has 4 nitrogen and oxygen atoms in total. The van der Waals surface area contributed by atoms with Crippen LogP contribution in [-0.2, 0) is 0 Å². The van der Waals surface area contributed by atoms with Gasteiger partial charge in [0.25, 0.3) is 0 Å². The number of anilines is 2. The molecule has 5 heteroatoms. The van der Waals surface area contributed by atoms with E-state index in [2.05, 4.69) is 26.1 Å². The van der Waals surface area contributed by atoms with Crippen LogP contribution < -0.4 is 11.5 Å². The third-order valence-electron chi connectivity index (χ3n) is 1.97. The second kappa shape index (κ2) is 3.86. The van der Waals surface area contributed by atoms with E-state index in [1.54, 1.807) is 6.07 Å². The van der Waals surface area contributed by atoms with E-state index in [-0.39, 0.29) is 5.82 Å². The van der Waals surface area contributed by atoms with Gasteiger partial charge < -0.3 is 11.5 Å². The first kappa shape index (κ1) is 9.92. The van der Waals surface area contributed by atoms with E-state index in [9.17, 15) is 0 Å². The van der Waals surface area contributed by atoms with Crippen molar-refractivity contribution >= 4 is 27.4 Å². The van der Waals surface area contributed by atoms with Crippen molar-refractivity contribution in [3.05, 3.63) is 34.8 Å². The summed E-state index contributed by atoms with van der Waals surface area (Å²) in [6.07, 6.45) is 0. The number of benzene rings is 1. The Morgan fingerprint density at radius 3 is 2.53 bits per heavy atom. The molecular formula is C10H9BrN4. The highest BCUT2D eigenvalue weighted by atomic mass is 79.9. The van der Waals surface area contributed by atoms with Crippen LogP contribution in [0.5, 0.6) is 0 Å². The van der Waals surface area contributed by atoms with E-state index in [1.165, 1.54) is 0 Å². The summed E-state index contributed by atoms with van der Waals surface area (Å²) in [6, 6.07) is 9.46. The van der Waals surface area contributed by atoms with Gasteiger partial charge in [-0.05, 0) is 18.2 Å². The monoisotopic (exact) mass is 264 g/mol. The lowest BCUT2D eigenvalue weighted by Gasteiger charge is -2.03. The zero-order valence-electron chi connectivity index (χ0n) is 7.81. The van der Waals surface area contributed by atoms with Gasteiger partial charge in [0.1, 0.15) is 0 Å². The van der Waals surface area contributed by atoms with Gasteiger partial charge in [-0.25, -0.2) is 0 Å². The first-order chi connectivity index (χ1) is 7.16. The van der Waals surface area contributed by atoms with Crippen molar-refractivity contribution in [2.45, 2.75) is 0 Å². The van der Waals surface area contributed by atoms with E-state index < -0.39 is 0 Å². The number of rotatable bonds is 1. The molecule has 0 unspecified atom stereocenters. The molecule has 0 aliphatic rings. The summed E-state index contributed by atoms with van der Waals surface area (Å²) in [5, 5.41) is 7.75. The topological polar surface area (TPSA) is 77.8 Å². The Bertz CT molecular complexity index is 499. The van der Waals surface area contributed by atoms with E-state index in [0.29, 0.717) is 11.4 Å². The smallest absolute Gasteiger partial charge is 0.169 e. The van der Waals surface area contributed by atoms with Gasteiger partial charge in [0.2, 0.25) is 0 Å². The van der Waals surface area contributed by atoms with Crippen LogP contribution in [-0.4, -0.2) is 10.2 Å². The summed E-state index contributed by atoms with van der Waals surface area (Å²) in [6.45, 7) is 0. The maximum atomic E-state index is 5.66. The molecule has 0 saturated heterocycles. The maximum absolute atomic E-state index is 5.66. The number of nitrogens with two attached hydrogens (primary N) is 2. The van der Waals surface area contributed by atoms with Crippen molar-refractivity contribution in [3.63, 3.8) is 0 Å². The highest BCUT2D eigenvalue weighted by molar-refractivity contribution is 9.10. The van der Waals surface area contributed by atoms with Crippen molar-refractivity contribution in [2.24, 2.45) is 0 Å². The average Bonchev–Trinajstić information content (AvgIpc) is 2.22. The molecule has 15 heavy (non-hydrogen) atoms. The number of hydrogen-bond acceptors (Lipinski definition) is 4. The molecule has 4 N–H and O–H groups in total. The molecule has 0 fully saturated rings. The minimum atomic E-state index is 0.258. The lowest BCUT2D eigenvalue weighted by atomic mass is 10.1. The standard InChI is InChI=1S/C10H9BrN4/c11-7-3-1-2-6(4-7)9-5-8(12)10(13)15-14-9/h1-5H,(H2,12,14)(H2,13,15). The van der Waals surface area contributed by atoms with Crippen LogP contribution in [0.3, 0.4) is 0 Å². The highest BCUT2D eigenvalue weighted by Gasteiger charge is 2.03. The molecule has 1 aromatic heterocycles. The van der Waals surface area contributed by atoms with Crippen LogP contribution in [0.25, 0.3) is 11.3 Å². The fourth-order valence-electron chi connectivity index (χ4n) is 1.20.